The third kappa shape index (κ3) is 2.34. The molecular formula is C11H12O4. The molecule has 0 aliphatic heterocycles. The highest BCUT2D eigenvalue weighted by atomic mass is 16.5. The molecule has 0 spiro atoms. The second-order valence-electron chi connectivity index (χ2n) is 3.00. The summed E-state index contributed by atoms with van der Waals surface area (Å²) in [5, 5.41) is 0. The normalized spacial score (nSPS) is 17.1. The minimum atomic E-state index is -0.491. The predicted octanol–water partition coefficient (Wildman–Crippen LogP) is 1.15. The molecule has 15 heavy (non-hydrogen) atoms. The zero-order valence-electron chi connectivity index (χ0n) is 8.87. The van der Waals surface area contributed by atoms with Crippen LogP contribution in [0.1, 0.15) is 6.92 Å². The number of methoxy groups -OCH3 is 2. The van der Waals surface area contributed by atoms with Gasteiger partial charge in [-0.1, -0.05) is 6.08 Å². The number of esters is 2. The summed E-state index contributed by atoms with van der Waals surface area (Å²) in [4.78, 5) is 22.4. The maximum atomic E-state index is 11.3. The summed E-state index contributed by atoms with van der Waals surface area (Å²) < 4.78 is 9.09. The number of hydrogen-bond acceptors (Lipinski definition) is 4. The van der Waals surface area contributed by atoms with Gasteiger partial charge in [0.2, 0.25) is 0 Å². The molecule has 1 aliphatic carbocycles. The van der Waals surface area contributed by atoms with Crippen molar-refractivity contribution in [3.63, 3.8) is 0 Å². The summed E-state index contributed by atoms with van der Waals surface area (Å²) in [6, 6.07) is 0. The summed E-state index contributed by atoms with van der Waals surface area (Å²) in [5.41, 5.74) is 1.76. The van der Waals surface area contributed by atoms with E-state index in [4.69, 9.17) is 0 Å². The minimum Gasteiger partial charge on any atom is -0.466 e. The third-order valence-electron chi connectivity index (χ3n) is 2.08. The van der Waals surface area contributed by atoms with Gasteiger partial charge >= 0.3 is 11.9 Å². The van der Waals surface area contributed by atoms with Crippen LogP contribution < -0.4 is 0 Å². The Labute approximate surface area is 87.9 Å². The Balaban J connectivity index is 2.99. The number of carbonyl (C=O) groups excluding carboxylic acids is 2. The van der Waals surface area contributed by atoms with E-state index in [9.17, 15) is 9.59 Å². The lowest BCUT2D eigenvalue weighted by Crippen LogP contribution is -2.07. The molecule has 1 aliphatic rings. The van der Waals surface area contributed by atoms with Gasteiger partial charge in [0.15, 0.2) is 0 Å². The quantitative estimate of drug-likeness (QED) is 0.504. The average Bonchev–Trinajstić information content (AvgIpc) is 2.59. The van der Waals surface area contributed by atoms with Crippen molar-refractivity contribution in [2.75, 3.05) is 14.2 Å². The lowest BCUT2D eigenvalue weighted by atomic mass is 10.0. The Hall–Kier alpha value is -1.84. The molecule has 0 saturated carbocycles. The summed E-state index contributed by atoms with van der Waals surface area (Å²) in [7, 11) is 2.58. The molecule has 0 radical (unpaired) electrons. The molecule has 0 heterocycles. The molecule has 4 nitrogen and oxygen atoms in total. The molecule has 0 aromatic rings. The fraction of sp³-hybridized carbons (Fsp3) is 0.273. The fourth-order valence-corrected chi connectivity index (χ4v) is 1.26. The Kier molecular flexibility index (Phi) is 3.44. The van der Waals surface area contributed by atoms with Crippen molar-refractivity contribution in [2.24, 2.45) is 0 Å². The molecule has 0 saturated heterocycles. The van der Waals surface area contributed by atoms with Crippen LogP contribution >= 0.6 is 0 Å². The Morgan fingerprint density at radius 2 is 1.87 bits per heavy atom. The first kappa shape index (κ1) is 11.2. The van der Waals surface area contributed by atoms with Crippen LogP contribution in [0.5, 0.6) is 0 Å². The van der Waals surface area contributed by atoms with E-state index < -0.39 is 11.9 Å². The van der Waals surface area contributed by atoms with Gasteiger partial charge in [0.05, 0.1) is 19.8 Å². The van der Waals surface area contributed by atoms with Gasteiger partial charge in [0.1, 0.15) is 0 Å². The SMILES string of the molecule is COC(=O)C=C1C(C)=CC=C1C(=O)OC. The minimum absolute atomic E-state index is 0.375. The van der Waals surface area contributed by atoms with Crippen LogP contribution in [0.4, 0.5) is 0 Å². The van der Waals surface area contributed by atoms with Gasteiger partial charge in [0, 0.05) is 6.08 Å². The second-order valence-corrected chi connectivity index (χ2v) is 3.00. The van der Waals surface area contributed by atoms with Crippen molar-refractivity contribution < 1.29 is 19.1 Å². The largest absolute Gasteiger partial charge is 0.466 e. The van der Waals surface area contributed by atoms with E-state index in [2.05, 4.69) is 9.47 Å². The van der Waals surface area contributed by atoms with Crippen LogP contribution in [0, 0.1) is 0 Å². The fourth-order valence-electron chi connectivity index (χ4n) is 1.26. The van der Waals surface area contributed by atoms with E-state index in [0.717, 1.165) is 5.57 Å². The molecular weight excluding hydrogens is 196 g/mol. The summed E-state index contributed by atoms with van der Waals surface area (Å²) in [6.45, 7) is 1.81. The van der Waals surface area contributed by atoms with Gasteiger partial charge in [-0.25, -0.2) is 9.59 Å². The lowest BCUT2D eigenvalue weighted by molar-refractivity contribution is -0.135. The first-order chi connectivity index (χ1) is 7.10. The highest BCUT2D eigenvalue weighted by Gasteiger charge is 2.20. The topological polar surface area (TPSA) is 52.6 Å². The van der Waals surface area contributed by atoms with Crippen molar-refractivity contribution in [3.8, 4) is 0 Å². The Morgan fingerprint density at radius 1 is 1.20 bits per heavy atom. The molecule has 80 valence electrons. The Bertz CT molecular complexity index is 385. The molecule has 0 unspecified atom stereocenters. The maximum absolute atomic E-state index is 11.3. The molecule has 0 fully saturated rings. The van der Waals surface area contributed by atoms with Crippen molar-refractivity contribution in [1.29, 1.82) is 0 Å². The first-order valence-corrected chi connectivity index (χ1v) is 4.37. The first-order valence-electron chi connectivity index (χ1n) is 4.37. The average molecular weight is 208 g/mol. The molecule has 0 amide bonds. The van der Waals surface area contributed by atoms with E-state index in [1.54, 1.807) is 19.1 Å². The summed E-state index contributed by atoms with van der Waals surface area (Å²) >= 11 is 0. The van der Waals surface area contributed by atoms with Crippen molar-refractivity contribution in [1.82, 2.24) is 0 Å². The van der Waals surface area contributed by atoms with Crippen LogP contribution in [-0.2, 0) is 19.1 Å². The molecule has 0 bridgehead atoms. The lowest BCUT2D eigenvalue weighted by Gasteiger charge is -2.05. The van der Waals surface area contributed by atoms with Gasteiger partial charge in [-0.15, -0.1) is 0 Å². The Morgan fingerprint density at radius 3 is 2.40 bits per heavy atom. The van der Waals surface area contributed by atoms with E-state index in [1.807, 2.05) is 0 Å². The van der Waals surface area contributed by atoms with E-state index in [0.29, 0.717) is 11.1 Å². The third-order valence-corrected chi connectivity index (χ3v) is 2.08. The predicted molar refractivity (Wildman–Crippen MR) is 54.0 cm³/mol. The van der Waals surface area contributed by atoms with Gasteiger partial charge in [-0.05, 0) is 24.1 Å². The van der Waals surface area contributed by atoms with Gasteiger partial charge < -0.3 is 9.47 Å². The van der Waals surface area contributed by atoms with E-state index >= 15 is 0 Å². The zero-order valence-corrected chi connectivity index (χ0v) is 8.87. The number of ether oxygens (including phenoxy) is 2. The van der Waals surface area contributed by atoms with Crippen LogP contribution in [0.25, 0.3) is 0 Å². The van der Waals surface area contributed by atoms with Gasteiger partial charge in [-0.2, -0.15) is 0 Å². The molecule has 0 N–H and O–H groups in total. The number of allylic oxidation sites excluding steroid dienone is 3. The van der Waals surface area contributed by atoms with Crippen LogP contribution in [0.2, 0.25) is 0 Å². The molecule has 1 rings (SSSR count). The smallest absolute Gasteiger partial charge is 0.338 e. The molecule has 0 aromatic carbocycles. The molecule has 0 atom stereocenters. The molecule has 0 aromatic heterocycles. The maximum Gasteiger partial charge on any atom is 0.338 e. The van der Waals surface area contributed by atoms with E-state index in [1.165, 1.54) is 20.3 Å². The summed E-state index contributed by atoms with van der Waals surface area (Å²) in [5.74, 6) is -0.951. The number of carbonyl (C=O) groups is 2. The van der Waals surface area contributed by atoms with Crippen molar-refractivity contribution in [2.45, 2.75) is 6.92 Å². The monoisotopic (exact) mass is 208 g/mol. The van der Waals surface area contributed by atoms with Crippen molar-refractivity contribution >= 4 is 11.9 Å². The molecule has 4 heteroatoms. The highest BCUT2D eigenvalue weighted by Crippen LogP contribution is 2.26. The van der Waals surface area contributed by atoms with Crippen molar-refractivity contribution in [3.05, 3.63) is 34.9 Å². The zero-order chi connectivity index (χ0) is 11.4. The second kappa shape index (κ2) is 4.59. The highest BCUT2D eigenvalue weighted by molar-refractivity contribution is 5.99. The van der Waals surface area contributed by atoms with Gasteiger partial charge in [-0.3, -0.25) is 0 Å². The van der Waals surface area contributed by atoms with E-state index in [-0.39, 0.29) is 0 Å². The van der Waals surface area contributed by atoms with Crippen LogP contribution in [0.3, 0.4) is 0 Å². The number of rotatable bonds is 2. The number of hydrogen-bond donors (Lipinski definition) is 0. The van der Waals surface area contributed by atoms with Crippen LogP contribution in [0.15, 0.2) is 34.9 Å². The van der Waals surface area contributed by atoms with Gasteiger partial charge in [0.25, 0.3) is 0 Å². The summed E-state index contributed by atoms with van der Waals surface area (Å²) in [6.07, 6.45) is 4.65. The van der Waals surface area contributed by atoms with Crippen LogP contribution in [-0.4, -0.2) is 26.2 Å². The standard InChI is InChI=1S/C11H12O4/c1-7-4-5-8(11(13)15-3)9(7)6-10(12)14-2/h4-6H,1-3H3.